The van der Waals surface area contributed by atoms with Crippen molar-refractivity contribution in [2.45, 2.75) is 52.1 Å². The number of rotatable bonds is 10. The molecule has 7 heteroatoms. The minimum Gasteiger partial charge on any atom is -0.484 e. The molecule has 0 aliphatic heterocycles. The van der Waals surface area contributed by atoms with Crippen LogP contribution in [0, 0.1) is 10.1 Å². The number of hydrogen-bond acceptors (Lipinski definition) is 4. The van der Waals surface area contributed by atoms with Gasteiger partial charge in [0.2, 0.25) is 0 Å². The molecule has 0 saturated heterocycles. The maximum Gasteiger partial charge on any atom is 0.335 e. The Morgan fingerprint density at radius 1 is 1.11 bits per heavy atom. The molecule has 0 amide bonds. The summed E-state index contributed by atoms with van der Waals surface area (Å²) in [6.07, 6.45) is 5.28. The second-order valence-electron chi connectivity index (χ2n) is 6.60. The molecule has 0 heterocycles. The molecule has 0 saturated carbocycles. The molecule has 0 aliphatic rings. The molecule has 0 radical (unpaired) electrons. The average molecular weight is 408 g/mol. The van der Waals surface area contributed by atoms with Crippen molar-refractivity contribution in [3.8, 4) is 16.9 Å². The van der Waals surface area contributed by atoms with Gasteiger partial charge in [0, 0.05) is 6.07 Å². The van der Waals surface area contributed by atoms with E-state index in [0.29, 0.717) is 11.1 Å². The maximum absolute atomic E-state index is 11.5. The Morgan fingerprint density at radius 3 is 2.32 bits per heavy atom. The summed E-state index contributed by atoms with van der Waals surface area (Å²) in [6.45, 7) is 4.08. The van der Waals surface area contributed by atoms with E-state index in [0.717, 1.165) is 25.7 Å². The molecule has 2 aromatic rings. The van der Waals surface area contributed by atoms with Crippen molar-refractivity contribution in [2.75, 3.05) is 0 Å². The number of halogens is 1. The van der Waals surface area contributed by atoms with Gasteiger partial charge in [0.1, 0.15) is 0 Å². The van der Waals surface area contributed by atoms with Crippen LogP contribution < -0.4 is 4.74 Å². The summed E-state index contributed by atoms with van der Waals surface area (Å²) in [5.74, 6) is -0.752. The standard InChI is InChI=1S/C21H25NO5.ClH/c1-3-4-5-6-7-15(2)27-20-13-12-18(14-19(20)22(25)26)16-8-10-17(11-9-16)21(23)24;/h8-15H,3-7H2,1-2H3,(H,23,24);1H. The number of nitrogens with zero attached hydrogens (tertiary/aromatic N) is 1. The summed E-state index contributed by atoms with van der Waals surface area (Å²) in [5.41, 5.74) is 1.43. The number of nitro benzene ring substituents is 1. The molecule has 1 N–H and O–H groups in total. The average Bonchev–Trinajstić information content (AvgIpc) is 2.65. The minimum atomic E-state index is -1.01. The van der Waals surface area contributed by atoms with Gasteiger partial charge in [-0.1, -0.05) is 44.4 Å². The lowest BCUT2D eigenvalue weighted by molar-refractivity contribution is -0.386. The van der Waals surface area contributed by atoms with E-state index in [2.05, 4.69) is 6.92 Å². The van der Waals surface area contributed by atoms with E-state index in [4.69, 9.17) is 9.84 Å². The third-order valence-corrected chi connectivity index (χ3v) is 4.41. The number of carbonyl (C=O) groups is 1. The monoisotopic (exact) mass is 407 g/mol. The van der Waals surface area contributed by atoms with Crippen LogP contribution in [0.4, 0.5) is 5.69 Å². The van der Waals surface area contributed by atoms with Gasteiger partial charge in [-0.3, -0.25) is 10.1 Å². The number of carboxylic acids is 1. The molecule has 28 heavy (non-hydrogen) atoms. The zero-order chi connectivity index (χ0) is 19.8. The predicted octanol–water partition coefficient (Wildman–Crippen LogP) is 6.12. The Kier molecular flexibility index (Phi) is 9.45. The van der Waals surface area contributed by atoms with Crippen LogP contribution in [0.25, 0.3) is 11.1 Å². The lowest BCUT2D eigenvalue weighted by Crippen LogP contribution is -2.12. The zero-order valence-corrected chi connectivity index (χ0v) is 16.9. The number of benzene rings is 2. The van der Waals surface area contributed by atoms with Gasteiger partial charge >= 0.3 is 11.7 Å². The van der Waals surface area contributed by atoms with Gasteiger partial charge in [0.15, 0.2) is 5.75 Å². The van der Waals surface area contributed by atoms with Crippen LogP contribution in [-0.4, -0.2) is 22.1 Å². The molecule has 6 nitrogen and oxygen atoms in total. The highest BCUT2D eigenvalue weighted by Gasteiger charge is 2.19. The molecule has 2 rings (SSSR count). The van der Waals surface area contributed by atoms with E-state index in [1.54, 1.807) is 24.3 Å². The number of nitro groups is 1. The molecule has 152 valence electrons. The lowest BCUT2D eigenvalue weighted by atomic mass is 10.0. The molecule has 0 bridgehead atoms. The van der Waals surface area contributed by atoms with Crippen LogP contribution in [0.15, 0.2) is 42.5 Å². The Morgan fingerprint density at radius 2 is 1.75 bits per heavy atom. The normalized spacial score (nSPS) is 11.4. The molecule has 1 atom stereocenters. The first-order valence-electron chi connectivity index (χ1n) is 9.21. The van der Waals surface area contributed by atoms with Crippen molar-refractivity contribution in [2.24, 2.45) is 0 Å². The van der Waals surface area contributed by atoms with E-state index in [1.165, 1.54) is 24.6 Å². The predicted molar refractivity (Wildman–Crippen MR) is 112 cm³/mol. The summed E-state index contributed by atoms with van der Waals surface area (Å²) in [7, 11) is 0. The topological polar surface area (TPSA) is 89.7 Å². The van der Waals surface area contributed by atoms with Crippen molar-refractivity contribution < 1.29 is 19.6 Å². The SMILES string of the molecule is CCCCCCC(C)Oc1ccc(-c2ccc(C(=O)O)cc2)cc1[N+](=O)[O-].Cl. The number of aromatic carboxylic acids is 1. The van der Waals surface area contributed by atoms with Crippen LogP contribution in [0.1, 0.15) is 56.3 Å². The number of carboxylic acid groups (broad SMARTS) is 1. The smallest absolute Gasteiger partial charge is 0.335 e. The summed E-state index contributed by atoms with van der Waals surface area (Å²) in [5, 5.41) is 20.4. The number of hydrogen-bond donors (Lipinski definition) is 1. The van der Waals surface area contributed by atoms with Crippen molar-refractivity contribution in [1.82, 2.24) is 0 Å². The molecule has 2 aromatic carbocycles. The van der Waals surface area contributed by atoms with E-state index in [9.17, 15) is 14.9 Å². The first-order valence-corrected chi connectivity index (χ1v) is 9.21. The van der Waals surface area contributed by atoms with Crippen LogP contribution in [-0.2, 0) is 0 Å². The second kappa shape index (κ2) is 11.3. The van der Waals surface area contributed by atoms with Gasteiger partial charge in [0.25, 0.3) is 0 Å². The quantitative estimate of drug-likeness (QED) is 0.291. The Bertz CT molecular complexity index is 792. The van der Waals surface area contributed by atoms with E-state index in [-0.39, 0.29) is 35.5 Å². The third-order valence-electron chi connectivity index (χ3n) is 4.41. The molecular weight excluding hydrogens is 382 g/mol. The molecule has 0 fully saturated rings. The molecular formula is C21H26ClNO5. The summed E-state index contributed by atoms with van der Waals surface area (Å²) in [6, 6.07) is 11.1. The van der Waals surface area contributed by atoms with Crippen LogP contribution >= 0.6 is 12.4 Å². The highest BCUT2D eigenvalue weighted by atomic mass is 35.5. The van der Waals surface area contributed by atoms with Crippen LogP contribution in [0.5, 0.6) is 5.75 Å². The fourth-order valence-corrected chi connectivity index (χ4v) is 2.88. The van der Waals surface area contributed by atoms with Gasteiger partial charge < -0.3 is 9.84 Å². The first-order chi connectivity index (χ1) is 12.9. The Hall–Kier alpha value is -2.60. The van der Waals surface area contributed by atoms with Crippen LogP contribution in [0.2, 0.25) is 0 Å². The van der Waals surface area contributed by atoms with Gasteiger partial charge in [-0.05, 0) is 49.1 Å². The van der Waals surface area contributed by atoms with Gasteiger partial charge in [-0.2, -0.15) is 0 Å². The number of unbranched alkanes of at least 4 members (excludes halogenated alkanes) is 3. The van der Waals surface area contributed by atoms with Crippen LogP contribution in [0.3, 0.4) is 0 Å². The lowest BCUT2D eigenvalue weighted by Gasteiger charge is -2.15. The first kappa shape index (κ1) is 23.4. The second-order valence-corrected chi connectivity index (χ2v) is 6.60. The van der Waals surface area contributed by atoms with Gasteiger partial charge in [-0.25, -0.2) is 4.79 Å². The Labute approximate surface area is 171 Å². The fraction of sp³-hybridized carbons (Fsp3) is 0.381. The summed E-state index contributed by atoms with van der Waals surface area (Å²) < 4.78 is 5.81. The Balaban J connectivity index is 0.00000392. The van der Waals surface area contributed by atoms with Gasteiger partial charge in [-0.15, -0.1) is 12.4 Å². The third kappa shape index (κ3) is 6.53. The zero-order valence-electron chi connectivity index (χ0n) is 16.1. The van der Waals surface area contributed by atoms with Crippen molar-refractivity contribution in [1.29, 1.82) is 0 Å². The highest BCUT2D eigenvalue weighted by Crippen LogP contribution is 2.33. The molecule has 0 spiro atoms. The molecule has 0 aliphatic carbocycles. The largest absolute Gasteiger partial charge is 0.484 e. The minimum absolute atomic E-state index is 0. The van der Waals surface area contributed by atoms with Crippen molar-refractivity contribution >= 4 is 24.1 Å². The van der Waals surface area contributed by atoms with E-state index >= 15 is 0 Å². The molecule has 0 aromatic heterocycles. The van der Waals surface area contributed by atoms with E-state index < -0.39 is 10.9 Å². The summed E-state index contributed by atoms with van der Waals surface area (Å²) >= 11 is 0. The molecule has 1 unspecified atom stereocenters. The van der Waals surface area contributed by atoms with Crippen molar-refractivity contribution in [3.63, 3.8) is 0 Å². The maximum atomic E-state index is 11.5. The fourth-order valence-electron chi connectivity index (χ4n) is 2.88. The highest BCUT2D eigenvalue weighted by molar-refractivity contribution is 5.88. The van der Waals surface area contributed by atoms with Gasteiger partial charge in [0.05, 0.1) is 16.6 Å². The summed E-state index contributed by atoms with van der Waals surface area (Å²) in [4.78, 5) is 22.0. The van der Waals surface area contributed by atoms with E-state index in [1.807, 2.05) is 6.92 Å². The van der Waals surface area contributed by atoms with Crippen molar-refractivity contribution in [3.05, 3.63) is 58.1 Å². The number of ether oxygens (including phenoxy) is 1.